The summed E-state index contributed by atoms with van der Waals surface area (Å²) < 4.78 is 69.7. The molecule has 1 heterocycles. The molecular formula is C18H14F5N3O2. The summed E-state index contributed by atoms with van der Waals surface area (Å²) in [6.45, 7) is 0. The second-order valence-electron chi connectivity index (χ2n) is 6.63. The van der Waals surface area contributed by atoms with Gasteiger partial charge in [-0.15, -0.1) is 0 Å². The normalized spacial score (nSPS) is 19.8. The molecule has 148 valence electrons. The van der Waals surface area contributed by atoms with Crippen molar-refractivity contribution in [3.63, 3.8) is 0 Å². The lowest BCUT2D eigenvalue weighted by atomic mass is 9.83. The highest BCUT2D eigenvalue weighted by atomic mass is 19.4. The fraction of sp³-hybridized carbons (Fsp3) is 0.389. The van der Waals surface area contributed by atoms with E-state index >= 15 is 0 Å². The maximum absolute atomic E-state index is 13.7. The van der Waals surface area contributed by atoms with Gasteiger partial charge in [0.1, 0.15) is 0 Å². The van der Waals surface area contributed by atoms with Gasteiger partial charge in [-0.3, -0.25) is 10.1 Å². The number of amides is 1. The first-order chi connectivity index (χ1) is 13.1. The van der Waals surface area contributed by atoms with Crippen molar-refractivity contribution in [3.05, 3.63) is 47.2 Å². The van der Waals surface area contributed by atoms with E-state index in [1.807, 2.05) is 6.07 Å². The molecule has 1 aliphatic rings. The van der Waals surface area contributed by atoms with Crippen molar-refractivity contribution in [1.82, 2.24) is 5.16 Å². The highest BCUT2D eigenvalue weighted by Crippen LogP contribution is 2.46. The van der Waals surface area contributed by atoms with Crippen LogP contribution in [0.5, 0.6) is 0 Å². The van der Waals surface area contributed by atoms with Crippen molar-refractivity contribution in [1.29, 1.82) is 5.26 Å². The van der Waals surface area contributed by atoms with Crippen LogP contribution in [0.4, 0.5) is 27.8 Å². The van der Waals surface area contributed by atoms with Gasteiger partial charge in [-0.25, -0.2) is 8.78 Å². The first-order valence-corrected chi connectivity index (χ1v) is 8.32. The summed E-state index contributed by atoms with van der Waals surface area (Å²) >= 11 is 0. The standard InChI is InChI=1S/C18H14F5N3O2/c19-17(20)6-5-12(8-17)15(11-3-1-10(9-24)2-4-11)16(27)25-14-7-13(26-28-14)18(21,22)23/h1-4,7,12,15H,5-6,8H2,(H,25,27). The Hall–Kier alpha value is -2.96. The summed E-state index contributed by atoms with van der Waals surface area (Å²) in [6, 6.07) is 8.27. The van der Waals surface area contributed by atoms with Crippen LogP contribution >= 0.6 is 0 Å². The van der Waals surface area contributed by atoms with E-state index in [0.29, 0.717) is 17.2 Å². The third kappa shape index (κ3) is 4.30. The Balaban J connectivity index is 1.86. The number of hydrogen-bond acceptors (Lipinski definition) is 4. The number of nitrogens with one attached hydrogen (secondary N) is 1. The highest BCUT2D eigenvalue weighted by molar-refractivity contribution is 5.95. The predicted octanol–water partition coefficient (Wildman–Crippen LogP) is 4.72. The van der Waals surface area contributed by atoms with Crippen molar-refractivity contribution in [2.75, 3.05) is 5.32 Å². The number of halogens is 5. The van der Waals surface area contributed by atoms with E-state index in [9.17, 15) is 26.7 Å². The van der Waals surface area contributed by atoms with E-state index in [1.165, 1.54) is 24.3 Å². The maximum atomic E-state index is 13.7. The fourth-order valence-electron chi connectivity index (χ4n) is 3.34. The molecule has 1 N–H and O–H groups in total. The number of anilines is 1. The quantitative estimate of drug-likeness (QED) is 0.755. The number of carbonyl (C=O) groups is 1. The minimum atomic E-state index is -4.74. The molecule has 1 fully saturated rings. The monoisotopic (exact) mass is 399 g/mol. The Morgan fingerprint density at radius 3 is 2.50 bits per heavy atom. The van der Waals surface area contributed by atoms with Crippen molar-refractivity contribution < 1.29 is 31.3 Å². The number of carbonyl (C=O) groups excluding carboxylic acids is 1. The number of aromatic nitrogens is 1. The molecule has 1 aliphatic carbocycles. The minimum Gasteiger partial charge on any atom is -0.338 e. The van der Waals surface area contributed by atoms with Gasteiger partial charge in [0.25, 0.3) is 0 Å². The molecule has 2 aromatic rings. The van der Waals surface area contributed by atoms with Crippen LogP contribution < -0.4 is 5.32 Å². The third-order valence-corrected chi connectivity index (χ3v) is 4.64. The number of alkyl halides is 5. The van der Waals surface area contributed by atoms with Crippen LogP contribution in [0.1, 0.15) is 42.0 Å². The number of nitrogens with zero attached hydrogens (tertiary/aromatic N) is 2. The molecule has 0 bridgehead atoms. The predicted molar refractivity (Wildman–Crippen MR) is 86.3 cm³/mol. The van der Waals surface area contributed by atoms with Gasteiger partial charge in [0.05, 0.1) is 17.6 Å². The van der Waals surface area contributed by atoms with Gasteiger partial charge in [-0.1, -0.05) is 17.3 Å². The van der Waals surface area contributed by atoms with Crippen LogP contribution in [0.25, 0.3) is 0 Å². The zero-order chi connectivity index (χ0) is 20.5. The molecule has 1 amide bonds. The summed E-state index contributed by atoms with van der Waals surface area (Å²) in [5, 5.41) is 13.9. The Bertz CT molecular complexity index is 899. The molecular weight excluding hydrogens is 385 g/mol. The van der Waals surface area contributed by atoms with Crippen molar-refractivity contribution in [2.45, 2.75) is 37.3 Å². The van der Waals surface area contributed by atoms with E-state index in [-0.39, 0.29) is 12.8 Å². The topological polar surface area (TPSA) is 78.9 Å². The van der Waals surface area contributed by atoms with Gasteiger partial charge in [-0.2, -0.15) is 18.4 Å². The van der Waals surface area contributed by atoms with Gasteiger partial charge < -0.3 is 4.52 Å². The van der Waals surface area contributed by atoms with Gasteiger partial charge in [0, 0.05) is 18.9 Å². The minimum absolute atomic E-state index is 0.0787. The molecule has 0 spiro atoms. The van der Waals surface area contributed by atoms with Crippen LogP contribution in [0.3, 0.4) is 0 Å². The molecule has 1 saturated carbocycles. The summed E-state index contributed by atoms with van der Waals surface area (Å²) in [4.78, 5) is 12.7. The number of nitriles is 1. The van der Waals surface area contributed by atoms with Gasteiger partial charge in [0.2, 0.25) is 17.7 Å². The fourth-order valence-corrected chi connectivity index (χ4v) is 3.34. The summed E-state index contributed by atoms with van der Waals surface area (Å²) in [6.07, 6.45) is -5.56. The van der Waals surface area contributed by atoms with Crippen molar-refractivity contribution in [3.8, 4) is 6.07 Å². The lowest BCUT2D eigenvalue weighted by Crippen LogP contribution is -2.27. The Kier molecular flexibility index (Phi) is 5.10. The van der Waals surface area contributed by atoms with Crippen LogP contribution in [0, 0.1) is 17.2 Å². The number of hydrogen-bond donors (Lipinski definition) is 1. The number of benzene rings is 1. The molecule has 1 aromatic carbocycles. The van der Waals surface area contributed by atoms with E-state index in [1.54, 1.807) is 0 Å². The summed E-state index contributed by atoms with van der Waals surface area (Å²) in [5.74, 6) is -5.97. The molecule has 0 saturated heterocycles. The first kappa shape index (κ1) is 19.8. The van der Waals surface area contributed by atoms with Gasteiger partial charge >= 0.3 is 6.18 Å². The molecule has 3 rings (SSSR count). The molecule has 10 heteroatoms. The zero-order valence-electron chi connectivity index (χ0n) is 14.3. The smallest absolute Gasteiger partial charge is 0.338 e. The molecule has 0 radical (unpaired) electrons. The third-order valence-electron chi connectivity index (χ3n) is 4.64. The van der Waals surface area contributed by atoms with Crippen molar-refractivity contribution in [2.24, 2.45) is 5.92 Å². The lowest BCUT2D eigenvalue weighted by molar-refractivity contribution is -0.142. The molecule has 2 atom stereocenters. The molecule has 0 aliphatic heterocycles. The maximum Gasteiger partial charge on any atom is 0.436 e. The van der Waals surface area contributed by atoms with Gasteiger partial charge in [-0.05, 0) is 30.0 Å². The average molecular weight is 399 g/mol. The molecule has 5 nitrogen and oxygen atoms in total. The van der Waals surface area contributed by atoms with E-state index in [2.05, 4.69) is 15.0 Å². The van der Waals surface area contributed by atoms with E-state index < -0.39 is 47.8 Å². The molecule has 28 heavy (non-hydrogen) atoms. The molecule has 1 aromatic heterocycles. The summed E-state index contributed by atoms with van der Waals surface area (Å²) in [5.41, 5.74) is -0.607. The Labute approximate surface area is 156 Å². The number of rotatable bonds is 4. The second-order valence-corrected chi connectivity index (χ2v) is 6.63. The zero-order valence-corrected chi connectivity index (χ0v) is 14.3. The van der Waals surface area contributed by atoms with Gasteiger partial charge in [0.15, 0.2) is 5.69 Å². The van der Waals surface area contributed by atoms with Crippen LogP contribution in [-0.4, -0.2) is 17.0 Å². The molecule has 2 unspecified atom stereocenters. The van der Waals surface area contributed by atoms with Crippen LogP contribution in [0.2, 0.25) is 0 Å². The second kappa shape index (κ2) is 7.22. The van der Waals surface area contributed by atoms with Crippen molar-refractivity contribution >= 4 is 11.8 Å². The SMILES string of the molecule is N#Cc1ccc(C(C(=O)Nc2cc(C(F)(F)F)no2)C2CCC(F)(F)C2)cc1. The summed E-state index contributed by atoms with van der Waals surface area (Å²) in [7, 11) is 0. The van der Waals surface area contributed by atoms with E-state index in [0.717, 1.165) is 0 Å². The van der Waals surface area contributed by atoms with E-state index in [4.69, 9.17) is 5.26 Å². The van der Waals surface area contributed by atoms with Crippen LogP contribution in [-0.2, 0) is 11.0 Å². The largest absolute Gasteiger partial charge is 0.436 e. The Morgan fingerprint density at radius 1 is 1.32 bits per heavy atom. The lowest BCUT2D eigenvalue weighted by Gasteiger charge is -2.22. The van der Waals surface area contributed by atoms with Crippen LogP contribution in [0.15, 0.2) is 34.9 Å². The highest BCUT2D eigenvalue weighted by Gasteiger charge is 2.45. The average Bonchev–Trinajstić information content (AvgIpc) is 3.22. The Morgan fingerprint density at radius 2 is 2.00 bits per heavy atom. The first-order valence-electron chi connectivity index (χ1n) is 8.32.